The summed E-state index contributed by atoms with van der Waals surface area (Å²) < 4.78 is 1.02. The fourth-order valence-electron chi connectivity index (χ4n) is 1.34. The summed E-state index contributed by atoms with van der Waals surface area (Å²) in [5.74, 6) is -0.788. The number of benzene rings is 1. The number of carbonyl (C=O) groups is 1. The molecule has 0 heterocycles. The summed E-state index contributed by atoms with van der Waals surface area (Å²) >= 11 is 3.45. The minimum Gasteiger partial charge on any atom is -0.480 e. The third-order valence-corrected chi connectivity index (χ3v) is 2.93. The molecule has 0 aliphatic carbocycles. The minimum atomic E-state index is -0.788. The Hall–Kier alpha value is -0.870. The number of hydrogen-bond acceptors (Lipinski definition) is 2. The predicted octanol–water partition coefficient (Wildman–Crippen LogP) is 2.36. The van der Waals surface area contributed by atoms with Gasteiger partial charge in [-0.3, -0.25) is 9.69 Å². The van der Waals surface area contributed by atoms with Crippen molar-refractivity contribution < 1.29 is 9.90 Å². The zero-order valence-corrected chi connectivity index (χ0v) is 10.2. The molecule has 4 heteroatoms. The van der Waals surface area contributed by atoms with E-state index in [4.69, 9.17) is 5.11 Å². The summed E-state index contributed by atoms with van der Waals surface area (Å²) in [6, 6.07) is 7.86. The minimum absolute atomic E-state index is 0.0812. The molecule has 1 aromatic carbocycles. The highest BCUT2D eigenvalue weighted by Crippen LogP contribution is 2.17. The third-order valence-electron chi connectivity index (χ3n) is 2.16. The molecule has 0 radical (unpaired) electrons. The van der Waals surface area contributed by atoms with Crippen LogP contribution in [0.3, 0.4) is 0 Å². The normalized spacial score (nSPS) is 10.6. The molecule has 0 amide bonds. The molecule has 0 aromatic heterocycles. The lowest BCUT2D eigenvalue weighted by molar-refractivity contribution is -0.138. The van der Waals surface area contributed by atoms with Crippen LogP contribution < -0.4 is 0 Å². The summed E-state index contributed by atoms with van der Waals surface area (Å²) in [4.78, 5) is 12.5. The highest BCUT2D eigenvalue weighted by atomic mass is 79.9. The monoisotopic (exact) mass is 271 g/mol. The van der Waals surface area contributed by atoms with E-state index in [1.807, 2.05) is 36.1 Å². The highest BCUT2D eigenvalue weighted by molar-refractivity contribution is 9.10. The van der Waals surface area contributed by atoms with E-state index in [9.17, 15) is 4.79 Å². The standard InChI is InChI=1S/C11H14BrNO2/c1-2-13(8-11(14)15)7-9-5-3-4-6-10(9)12/h3-6H,2,7-8H2,1H3,(H,14,15). The Balaban J connectivity index is 2.66. The SMILES string of the molecule is CCN(CC(=O)O)Cc1ccccc1Br. The van der Waals surface area contributed by atoms with Crippen LogP contribution in [-0.2, 0) is 11.3 Å². The van der Waals surface area contributed by atoms with Gasteiger partial charge in [-0.25, -0.2) is 0 Å². The van der Waals surface area contributed by atoms with E-state index in [0.29, 0.717) is 6.54 Å². The topological polar surface area (TPSA) is 40.5 Å². The van der Waals surface area contributed by atoms with Gasteiger partial charge in [0.05, 0.1) is 6.54 Å². The molecule has 0 saturated heterocycles. The molecule has 0 saturated carbocycles. The van der Waals surface area contributed by atoms with Crippen molar-refractivity contribution in [2.75, 3.05) is 13.1 Å². The molecule has 1 aromatic rings. The first kappa shape index (κ1) is 12.2. The number of rotatable bonds is 5. The van der Waals surface area contributed by atoms with Crippen LogP contribution in [-0.4, -0.2) is 29.1 Å². The van der Waals surface area contributed by atoms with Gasteiger partial charge in [-0.15, -0.1) is 0 Å². The molecular weight excluding hydrogens is 258 g/mol. The van der Waals surface area contributed by atoms with Crippen molar-refractivity contribution in [1.82, 2.24) is 4.90 Å². The maximum atomic E-state index is 10.6. The molecule has 0 aliphatic heterocycles. The van der Waals surface area contributed by atoms with E-state index >= 15 is 0 Å². The zero-order valence-electron chi connectivity index (χ0n) is 8.61. The van der Waals surface area contributed by atoms with Crippen LogP contribution in [0.25, 0.3) is 0 Å². The van der Waals surface area contributed by atoms with E-state index in [1.165, 1.54) is 0 Å². The van der Waals surface area contributed by atoms with Gasteiger partial charge in [0, 0.05) is 11.0 Å². The molecule has 0 bridgehead atoms. The zero-order chi connectivity index (χ0) is 11.3. The fraction of sp³-hybridized carbons (Fsp3) is 0.364. The van der Waals surface area contributed by atoms with E-state index in [-0.39, 0.29) is 6.54 Å². The van der Waals surface area contributed by atoms with Crippen molar-refractivity contribution in [3.63, 3.8) is 0 Å². The summed E-state index contributed by atoms with van der Waals surface area (Å²) in [5.41, 5.74) is 1.11. The lowest BCUT2D eigenvalue weighted by Crippen LogP contribution is -2.29. The number of carboxylic acid groups (broad SMARTS) is 1. The van der Waals surface area contributed by atoms with Crippen molar-refractivity contribution in [1.29, 1.82) is 0 Å². The molecule has 82 valence electrons. The van der Waals surface area contributed by atoms with E-state index in [2.05, 4.69) is 15.9 Å². The largest absolute Gasteiger partial charge is 0.480 e. The van der Waals surface area contributed by atoms with Crippen molar-refractivity contribution in [3.8, 4) is 0 Å². The maximum absolute atomic E-state index is 10.6. The first-order chi connectivity index (χ1) is 7.13. The second-order valence-corrected chi connectivity index (χ2v) is 4.14. The molecule has 3 nitrogen and oxygen atoms in total. The van der Waals surface area contributed by atoms with Crippen LogP contribution in [0.1, 0.15) is 12.5 Å². The Morgan fingerprint density at radius 2 is 2.13 bits per heavy atom. The lowest BCUT2D eigenvalue weighted by Gasteiger charge is -2.18. The molecule has 1 N–H and O–H groups in total. The van der Waals surface area contributed by atoms with E-state index in [1.54, 1.807) is 0 Å². The van der Waals surface area contributed by atoms with Crippen LogP contribution in [0.2, 0.25) is 0 Å². The van der Waals surface area contributed by atoms with Crippen LogP contribution in [0, 0.1) is 0 Å². The average molecular weight is 272 g/mol. The number of nitrogens with zero attached hydrogens (tertiary/aromatic N) is 1. The summed E-state index contributed by atoms with van der Waals surface area (Å²) in [7, 11) is 0. The van der Waals surface area contributed by atoms with Crippen molar-refractivity contribution in [3.05, 3.63) is 34.3 Å². The highest BCUT2D eigenvalue weighted by Gasteiger charge is 2.09. The Kier molecular flexibility index (Phi) is 4.78. The summed E-state index contributed by atoms with van der Waals surface area (Å²) in [6.07, 6.45) is 0. The van der Waals surface area contributed by atoms with Gasteiger partial charge < -0.3 is 5.11 Å². The number of likely N-dealkylation sites (N-methyl/N-ethyl adjacent to an activating group) is 1. The van der Waals surface area contributed by atoms with Crippen molar-refractivity contribution >= 4 is 21.9 Å². The Morgan fingerprint density at radius 3 is 2.67 bits per heavy atom. The molecule has 0 aliphatic rings. The molecule has 1 rings (SSSR count). The van der Waals surface area contributed by atoms with E-state index < -0.39 is 5.97 Å². The van der Waals surface area contributed by atoms with Gasteiger partial charge in [-0.1, -0.05) is 41.1 Å². The van der Waals surface area contributed by atoms with Crippen molar-refractivity contribution in [2.24, 2.45) is 0 Å². The Morgan fingerprint density at radius 1 is 1.47 bits per heavy atom. The smallest absolute Gasteiger partial charge is 0.317 e. The molecule has 0 atom stereocenters. The second kappa shape index (κ2) is 5.88. The van der Waals surface area contributed by atoms with E-state index in [0.717, 1.165) is 16.6 Å². The number of halogens is 1. The molecule has 15 heavy (non-hydrogen) atoms. The Bertz CT molecular complexity index is 341. The third kappa shape index (κ3) is 4.01. The van der Waals surface area contributed by atoms with Gasteiger partial charge in [0.2, 0.25) is 0 Å². The van der Waals surface area contributed by atoms with Gasteiger partial charge in [-0.2, -0.15) is 0 Å². The first-order valence-corrected chi connectivity index (χ1v) is 5.60. The predicted molar refractivity (Wildman–Crippen MR) is 62.7 cm³/mol. The van der Waals surface area contributed by atoms with Crippen LogP contribution in [0.4, 0.5) is 0 Å². The second-order valence-electron chi connectivity index (χ2n) is 3.29. The van der Waals surface area contributed by atoms with Crippen LogP contribution >= 0.6 is 15.9 Å². The van der Waals surface area contributed by atoms with Gasteiger partial charge in [-0.05, 0) is 18.2 Å². The average Bonchev–Trinajstić information content (AvgIpc) is 2.19. The van der Waals surface area contributed by atoms with Crippen molar-refractivity contribution in [2.45, 2.75) is 13.5 Å². The summed E-state index contributed by atoms with van der Waals surface area (Å²) in [6.45, 7) is 3.43. The number of aliphatic carboxylic acids is 1. The van der Waals surface area contributed by atoms with Crippen LogP contribution in [0.15, 0.2) is 28.7 Å². The molecular formula is C11H14BrNO2. The van der Waals surface area contributed by atoms with Crippen LogP contribution in [0.5, 0.6) is 0 Å². The number of carboxylic acids is 1. The summed E-state index contributed by atoms with van der Waals surface area (Å²) in [5, 5.41) is 8.71. The number of hydrogen-bond donors (Lipinski definition) is 1. The van der Waals surface area contributed by atoms with Gasteiger partial charge in [0.15, 0.2) is 0 Å². The fourth-order valence-corrected chi connectivity index (χ4v) is 1.75. The maximum Gasteiger partial charge on any atom is 0.317 e. The van der Waals surface area contributed by atoms with Gasteiger partial charge in [0.1, 0.15) is 0 Å². The van der Waals surface area contributed by atoms with Gasteiger partial charge >= 0.3 is 5.97 Å². The Labute approximate surface area is 97.8 Å². The quantitative estimate of drug-likeness (QED) is 0.894. The molecule has 0 spiro atoms. The first-order valence-electron chi connectivity index (χ1n) is 4.81. The molecule has 0 fully saturated rings. The molecule has 0 unspecified atom stereocenters. The van der Waals surface area contributed by atoms with Gasteiger partial charge in [0.25, 0.3) is 0 Å². The lowest BCUT2D eigenvalue weighted by atomic mass is 10.2.